The highest BCUT2D eigenvalue weighted by Gasteiger charge is 2.46. The molecule has 0 bridgehead atoms. The lowest BCUT2D eigenvalue weighted by Gasteiger charge is -2.27. The van der Waals surface area contributed by atoms with Crippen LogP contribution in [0.25, 0.3) is 5.76 Å². The maximum absolute atomic E-state index is 13.5. The number of aliphatic hydroxyl groups is 1. The predicted octanol–water partition coefficient (Wildman–Crippen LogP) is 6.33. The summed E-state index contributed by atoms with van der Waals surface area (Å²) in [4.78, 5) is 28.4. The highest BCUT2D eigenvalue weighted by Crippen LogP contribution is 2.42. The fourth-order valence-electron chi connectivity index (χ4n) is 4.90. The maximum atomic E-state index is 13.5. The third-order valence-corrected chi connectivity index (χ3v) is 6.95. The molecule has 1 aliphatic rings. The molecule has 4 rings (SSSR count). The first-order chi connectivity index (χ1) is 17.9. The molecule has 2 N–H and O–H groups in total. The molecule has 1 aliphatic heterocycles. The summed E-state index contributed by atoms with van der Waals surface area (Å²) >= 11 is 0. The second-order valence-corrected chi connectivity index (χ2v) is 10.8. The highest BCUT2D eigenvalue weighted by atomic mass is 16.5. The molecule has 3 aromatic carbocycles. The van der Waals surface area contributed by atoms with E-state index in [9.17, 15) is 19.8 Å². The average molecular weight is 514 g/mol. The van der Waals surface area contributed by atoms with Gasteiger partial charge in [0.1, 0.15) is 17.3 Å². The van der Waals surface area contributed by atoms with E-state index >= 15 is 0 Å². The zero-order chi connectivity index (χ0) is 27.8. The second kappa shape index (κ2) is 10.4. The van der Waals surface area contributed by atoms with Gasteiger partial charge >= 0.3 is 0 Å². The van der Waals surface area contributed by atoms with E-state index in [1.54, 1.807) is 24.3 Å². The monoisotopic (exact) mass is 513 g/mol. The summed E-state index contributed by atoms with van der Waals surface area (Å²) in [6, 6.07) is 16.9. The van der Waals surface area contributed by atoms with Crippen LogP contribution in [0, 0.1) is 13.8 Å². The number of hydrogen-bond acceptors (Lipinski definition) is 5. The molecule has 6 heteroatoms. The van der Waals surface area contributed by atoms with Crippen LogP contribution in [0.15, 0.2) is 66.2 Å². The molecule has 1 heterocycles. The minimum atomic E-state index is -0.819. The maximum Gasteiger partial charge on any atom is 0.295 e. The SMILES string of the molecule is CCOc1ccc(/C(O)=C2/C(=O)C(=O)N(Cc3cc(C)ccc3C)C2c2ccc(O)cc2)cc1C(C)(C)C. The van der Waals surface area contributed by atoms with Gasteiger partial charge in [-0.25, -0.2) is 0 Å². The number of ketones is 1. The van der Waals surface area contributed by atoms with E-state index in [2.05, 4.69) is 0 Å². The molecule has 3 aromatic rings. The molecule has 1 fully saturated rings. The quantitative estimate of drug-likeness (QED) is 0.229. The smallest absolute Gasteiger partial charge is 0.295 e. The summed E-state index contributed by atoms with van der Waals surface area (Å²) in [5.41, 5.74) is 4.65. The molecule has 1 unspecified atom stereocenters. The van der Waals surface area contributed by atoms with Crippen LogP contribution >= 0.6 is 0 Å². The lowest BCUT2D eigenvalue weighted by atomic mass is 9.84. The van der Waals surface area contributed by atoms with E-state index in [0.29, 0.717) is 23.5 Å². The number of aliphatic hydroxyl groups excluding tert-OH is 1. The Labute approximate surface area is 224 Å². The van der Waals surface area contributed by atoms with E-state index in [1.807, 2.05) is 65.8 Å². The predicted molar refractivity (Wildman–Crippen MR) is 148 cm³/mol. The lowest BCUT2D eigenvalue weighted by Crippen LogP contribution is -2.29. The number of phenols is 1. The topological polar surface area (TPSA) is 87.1 Å². The average Bonchev–Trinajstić information content (AvgIpc) is 3.11. The molecule has 1 amide bonds. The largest absolute Gasteiger partial charge is 0.508 e. The summed E-state index contributed by atoms with van der Waals surface area (Å²) in [7, 11) is 0. The van der Waals surface area contributed by atoms with Crippen LogP contribution in [0.3, 0.4) is 0 Å². The van der Waals surface area contributed by atoms with E-state index in [1.165, 1.54) is 17.0 Å². The standard InChI is InChI=1S/C32H35NO5/c1-7-38-26-15-12-22(17-25(26)32(4,5)6)29(35)27-28(21-10-13-24(34)14-11-21)33(31(37)30(27)36)18-23-16-19(2)8-9-20(23)3/h8-17,28,34-35H,7,18H2,1-6H3/b29-27-. The molecule has 1 atom stereocenters. The number of carbonyl (C=O) groups is 2. The highest BCUT2D eigenvalue weighted by molar-refractivity contribution is 6.46. The van der Waals surface area contributed by atoms with E-state index in [-0.39, 0.29) is 29.0 Å². The lowest BCUT2D eigenvalue weighted by molar-refractivity contribution is -0.140. The van der Waals surface area contributed by atoms with Crippen molar-refractivity contribution in [2.24, 2.45) is 0 Å². The molecule has 198 valence electrons. The summed E-state index contributed by atoms with van der Waals surface area (Å²) in [5.74, 6) is -0.869. The number of likely N-dealkylation sites (tertiary alicyclic amines) is 1. The molecular weight excluding hydrogens is 478 g/mol. The van der Waals surface area contributed by atoms with Gasteiger partial charge in [-0.1, -0.05) is 56.7 Å². The van der Waals surface area contributed by atoms with Crippen molar-refractivity contribution in [2.75, 3.05) is 6.61 Å². The minimum absolute atomic E-state index is 0.0232. The number of aromatic hydroxyl groups is 1. The number of Topliss-reactive ketones (excluding diaryl/α,β-unsaturated/α-hetero) is 1. The number of nitrogens with zero attached hydrogens (tertiary/aromatic N) is 1. The fourth-order valence-corrected chi connectivity index (χ4v) is 4.90. The molecular formula is C32H35NO5. The van der Waals surface area contributed by atoms with Gasteiger partial charge in [-0.3, -0.25) is 9.59 Å². The fraction of sp³-hybridized carbons (Fsp3) is 0.312. The Balaban J connectivity index is 1.90. The molecule has 0 aromatic heterocycles. The van der Waals surface area contributed by atoms with Crippen LogP contribution in [-0.4, -0.2) is 33.4 Å². The Morgan fingerprint density at radius 3 is 2.29 bits per heavy atom. The Hall–Kier alpha value is -4.06. The summed E-state index contributed by atoms with van der Waals surface area (Å²) in [6.07, 6.45) is 0. The number of amides is 1. The molecule has 0 saturated carbocycles. The van der Waals surface area contributed by atoms with Crippen molar-refractivity contribution < 1.29 is 24.5 Å². The van der Waals surface area contributed by atoms with Crippen molar-refractivity contribution in [1.82, 2.24) is 4.90 Å². The Kier molecular flexibility index (Phi) is 7.36. The van der Waals surface area contributed by atoms with Gasteiger partial charge in [-0.15, -0.1) is 0 Å². The first kappa shape index (κ1) is 27.0. The molecule has 38 heavy (non-hydrogen) atoms. The Bertz CT molecular complexity index is 1410. The van der Waals surface area contributed by atoms with Crippen molar-refractivity contribution in [3.05, 3.63) is 99.6 Å². The van der Waals surface area contributed by atoms with Crippen LogP contribution in [0.1, 0.15) is 67.1 Å². The minimum Gasteiger partial charge on any atom is -0.508 e. The number of benzene rings is 3. The summed E-state index contributed by atoms with van der Waals surface area (Å²) < 4.78 is 5.82. The van der Waals surface area contributed by atoms with E-state index in [4.69, 9.17) is 4.74 Å². The summed E-state index contributed by atoms with van der Waals surface area (Å²) in [6.45, 7) is 12.7. The zero-order valence-electron chi connectivity index (χ0n) is 22.8. The molecule has 0 radical (unpaired) electrons. The van der Waals surface area contributed by atoms with Crippen molar-refractivity contribution in [3.8, 4) is 11.5 Å². The molecule has 1 saturated heterocycles. The molecule has 6 nitrogen and oxygen atoms in total. The van der Waals surface area contributed by atoms with Gasteiger partial charge in [0.05, 0.1) is 18.2 Å². The zero-order valence-corrected chi connectivity index (χ0v) is 22.8. The second-order valence-electron chi connectivity index (χ2n) is 10.8. The first-order valence-corrected chi connectivity index (χ1v) is 12.8. The van der Waals surface area contributed by atoms with Gasteiger partial charge in [-0.05, 0) is 73.2 Å². The van der Waals surface area contributed by atoms with E-state index < -0.39 is 17.7 Å². The van der Waals surface area contributed by atoms with Crippen molar-refractivity contribution >= 4 is 17.4 Å². The summed E-state index contributed by atoms with van der Waals surface area (Å²) in [5, 5.41) is 21.5. The van der Waals surface area contributed by atoms with Crippen LogP contribution < -0.4 is 4.74 Å². The van der Waals surface area contributed by atoms with Crippen LogP contribution in [0.2, 0.25) is 0 Å². The van der Waals surface area contributed by atoms with Gasteiger partial charge in [-0.2, -0.15) is 0 Å². The molecule has 0 aliphatic carbocycles. The van der Waals surface area contributed by atoms with Gasteiger partial charge in [0.15, 0.2) is 0 Å². The van der Waals surface area contributed by atoms with Crippen molar-refractivity contribution in [3.63, 3.8) is 0 Å². The van der Waals surface area contributed by atoms with Crippen molar-refractivity contribution in [2.45, 2.75) is 59.5 Å². The van der Waals surface area contributed by atoms with Gasteiger partial charge in [0, 0.05) is 17.7 Å². The van der Waals surface area contributed by atoms with Gasteiger partial charge in [0.2, 0.25) is 0 Å². The van der Waals surface area contributed by atoms with Crippen LogP contribution in [0.5, 0.6) is 11.5 Å². The van der Waals surface area contributed by atoms with Crippen LogP contribution in [-0.2, 0) is 21.5 Å². The number of rotatable bonds is 6. The first-order valence-electron chi connectivity index (χ1n) is 12.8. The van der Waals surface area contributed by atoms with Crippen LogP contribution in [0.4, 0.5) is 0 Å². The van der Waals surface area contributed by atoms with E-state index in [0.717, 1.165) is 22.3 Å². The van der Waals surface area contributed by atoms with Gasteiger partial charge < -0.3 is 19.8 Å². The number of ether oxygens (including phenoxy) is 1. The number of carbonyl (C=O) groups excluding carboxylic acids is 2. The normalized spacial score (nSPS) is 17.2. The number of hydrogen-bond donors (Lipinski definition) is 2. The third kappa shape index (κ3) is 5.17. The number of phenolic OH excluding ortho intramolecular Hbond substituents is 1. The van der Waals surface area contributed by atoms with Crippen molar-refractivity contribution in [1.29, 1.82) is 0 Å². The van der Waals surface area contributed by atoms with Gasteiger partial charge in [0.25, 0.3) is 11.7 Å². The third-order valence-electron chi connectivity index (χ3n) is 6.95. The number of aryl methyl sites for hydroxylation is 2. The Morgan fingerprint density at radius 1 is 0.974 bits per heavy atom. The molecule has 0 spiro atoms. The Morgan fingerprint density at radius 2 is 1.66 bits per heavy atom.